The molecule has 1 aliphatic carbocycles. The summed E-state index contributed by atoms with van der Waals surface area (Å²) in [5, 5.41) is 2.68. The molecule has 3 aliphatic rings. The summed E-state index contributed by atoms with van der Waals surface area (Å²) in [6.07, 6.45) is 2.57. The molecule has 3 amide bonds. The lowest BCUT2D eigenvalue weighted by molar-refractivity contribution is -0.131. The van der Waals surface area contributed by atoms with Gasteiger partial charge in [0.25, 0.3) is 0 Å². The van der Waals surface area contributed by atoms with Crippen molar-refractivity contribution in [3.05, 3.63) is 52.6 Å². The fourth-order valence-corrected chi connectivity index (χ4v) is 5.80. The van der Waals surface area contributed by atoms with E-state index >= 15 is 0 Å². The van der Waals surface area contributed by atoms with Gasteiger partial charge in [-0.05, 0) is 61.4 Å². The zero-order valence-electron chi connectivity index (χ0n) is 21.3. The van der Waals surface area contributed by atoms with Crippen LogP contribution in [0.2, 0.25) is 0 Å². The Labute approximate surface area is 216 Å². The average Bonchev–Trinajstić information content (AvgIpc) is 3.38. The first-order chi connectivity index (χ1) is 17.9. The summed E-state index contributed by atoms with van der Waals surface area (Å²) in [6.45, 7) is 7.01. The van der Waals surface area contributed by atoms with Crippen molar-refractivity contribution < 1.29 is 9.59 Å². The van der Waals surface area contributed by atoms with E-state index in [-0.39, 0.29) is 24.3 Å². The van der Waals surface area contributed by atoms with Crippen molar-refractivity contribution in [2.75, 3.05) is 57.7 Å². The maximum atomic E-state index is 12.7. The van der Waals surface area contributed by atoms with E-state index in [0.29, 0.717) is 32.2 Å². The maximum absolute atomic E-state index is 12.7. The molecule has 1 aromatic carbocycles. The third kappa shape index (κ3) is 5.39. The van der Waals surface area contributed by atoms with Crippen molar-refractivity contribution in [2.45, 2.75) is 19.4 Å². The quantitative estimate of drug-likeness (QED) is 0.475. The number of nitrogens with zero attached hydrogens (tertiary/aromatic N) is 5. The second kappa shape index (κ2) is 10.6. The largest absolute Gasteiger partial charge is 0.354 e. The smallest absolute Gasteiger partial charge is 0.338 e. The highest BCUT2D eigenvalue weighted by Crippen LogP contribution is 2.51. The number of amides is 3. The van der Waals surface area contributed by atoms with E-state index in [1.807, 2.05) is 12.1 Å². The number of rotatable bonds is 7. The van der Waals surface area contributed by atoms with E-state index in [0.717, 1.165) is 49.5 Å². The van der Waals surface area contributed by atoms with E-state index in [1.54, 1.807) is 22.1 Å². The highest BCUT2D eigenvalue weighted by atomic mass is 16.2. The van der Waals surface area contributed by atoms with Crippen LogP contribution in [0.15, 0.2) is 41.3 Å². The van der Waals surface area contributed by atoms with Gasteiger partial charge in [-0.15, -0.1) is 0 Å². The topological polar surface area (TPSA) is 143 Å². The number of carbonyl (C=O) groups is 2. The van der Waals surface area contributed by atoms with E-state index in [9.17, 15) is 14.4 Å². The van der Waals surface area contributed by atoms with Gasteiger partial charge in [0.15, 0.2) is 0 Å². The number of nitrogens with one attached hydrogen (secondary N) is 1. The lowest BCUT2D eigenvalue weighted by Gasteiger charge is -2.34. The summed E-state index contributed by atoms with van der Waals surface area (Å²) >= 11 is 0. The molecule has 0 spiro atoms. The van der Waals surface area contributed by atoms with Gasteiger partial charge in [0.05, 0.1) is 12.2 Å². The van der Waals surface area contributed by atoms with Crippen LogP contribution in [-0.2, 0) is 11.2 Å². The number of hydrogen-bond donors (Lipinski definition) is 3. The fraction of sp³-hybridized carbons (Fsp3) is 0.538. The molecule has 3 fully saturated rings. The average molecular weight is 509 g/mol. The summed E-state index contributed by atoms with van der Waals surface area (Å²) in [7, 11) is 0. The molecule has 11 heteroatoms. The number of nitrogens with two attached hydrogens (primary N) is 2. The summed E-state index contributed by atoms with van der Waals surface area (Å²) < 4.78 is 1.46. The van der Waals surface area contributed by atoms with E-state index in [1.165, 1.54) is 10.1 Å². The Morgan fingerprint density at radius 1 is 1.03 bits per heavy atom. The van der Waals surface area contributed by atoms with E-state index in [4.69, 9.17) is 11.5 Å². The highest BCUT2D eigenvalue weighted by Gasteiger charge is 2.55. The lowest BCUT2D eigenvalue weighted by atomic mass is 10.0. The van der Waals surface area contributed by atoms with Gasteiger partial charge in [-0.3, -0.25) is 19.6 Å². The minimum atomic E-state index is -0.469. The van der Waals surface area contributed by atoms with Crippen LogP contribution in [0.25, 0.3) is 5.69 Å². The number of piperazine rings is 1. The Bertz CT molecular complexity index is 1180. The molecule has 0 radical (unpaired) electrons. The first kappa shape index (κ1) is 25.4. The van der Waals surface area contributed by atoms with Crippen molar-refractivity contribution in [1.82, 2.24) is 24.3 Å². The predicted molar refractivity (Wildman–Crippen MR) is 140 cm³/mol. The van der Waals surface area contributed by atoms with Crippen molar-refractivity contribution in [1.29, 1.82) is 0 Å². The standard InChI is InChI=1S/C26H36N8O3/c1-17(33-15-21-20(13-27)22(21)16-33)12-18-2-4-19(5-3-18)34-7-6-23(30-26(34)37)29-25(36)32-10-8-31(9-11-32)24(35)14-28/h2-7,17,20-22H,8-16,27-28H2,1H3,(H,29,30,36,37)/t17?,20?,21-,22+. The van der Waals surface area contributed by atoms with E-state index in [2.05, 4.69) is 34.3 Å². The van der Waals surface area contributed by atoms with Gasteiger partial charge >= 0.3 is 11.7 Å². The van der Waals surface area contributed by atoms with Gasteiger partial charge in [-0.1, -0.05) is 12.1 Å². The third-order valence-corrected chi connectivity index (χ3v) is 8.17. The molecule has 1 aromatic heterocycles. The number of likely N-dealkylation sites (tertiary alicyclic amines) is 1. The third-order valence-electron chi connectivity index (χ3n) is 8.17. The Morgan fingerprint density at radius 2 is 1.68 bits per heavy atom. The second-order valence-corrected chi connectivity index (χ2v) is 10.4. The molecule has 2 unspecified atom stereocenters. The summed E-state index contributed by atoms with van der Waals surface area (Å²) in [6, 6.07) is 9.70. The van der Waals surface area contributed by atoms with Gasteiger partial charge in [0.2, 0.25) is 5.91 Å². The van der Waals surface area contributed by atoms with Crippen LogP contribution >= 0.6 is 0 Å². The van der Waals surface area contributed by atoms with Crippen LogP contribution < -0.4 is 22.5 Å². The summed E-state index contributed by atoms with van der Waals surface area (Å²) in [5.74, 6) is 2.38. The monoisotopic (exact) mass is 508 g/mol. The van der Waals surface area contributed by atoms with Gasteiger partial charge in [-0.2, -0.15) is 4.98 Å². The van der Waals surface area contributed by atoms with Crippen LogP contribution in [0.4, 0.5) is 10.6 Å². The first-order valence-electron chi connectivity index (χ1n) is 13.0. The summed E-state index contributed by atoms with van der Waals surface area (Å²) in [5.41, 5.74) is 12.7. The molecule has 2 saturated heterocycles. The Morgan fingerprint density at radius 3 is 2.27 bits per heavy atom. The fourth-order valence-electron chi connectivity index (χ4n) is 5.80. The van der Waals surface area contributed by atoms with Gasteiger partial charge < -0.3 is 21.3 Å². The maximum Gasteiger partial charge on any atom is 0.354 e. The number of piperidine rings is 1. The van der Waals surface area contributed by atoms with Crippen LogP contribution in [-0.4, -0.2) is 94.6 Å². The SMILES string of the molecule is CC(Cc1ccc(-n2ccc(NC(=O)N3CCN(C(=O)CN)CC3)nc2=O)cc1)N1C[C@@H]2C(CN)[C@@H]2C1. The number of fused-ring (bicyclic) bond motifs is 1. The lowest BCUT2D eigenvalue weighted by Crippen LogP contribution is -2.52. The minimum absolute atomic E-state index is 0.0381. The van der Waals surface area contributed by atoms with Crippen molar-refractivity contribution in [2.24, 2.45) is 29.2 Å². The van der Waals surface area contributed by atoms with E-state index < -0.39 is 5.69 Å². The molecule has 4 atom stereocenters. The predicted octanol–water partition coefficient (Wildman–Crippen LogP) is -0.0652. The molecule has 11 nitrogen and oxygen atoms in total. The molecule has 5 N–H and O–H groups in total. The molecule has 198 valence electrons. The molecule has 5 rings (SSSR count). The van der Waals surface area contributed by atoms with Gasteiger partial charge in [-0.25, -0.2) is 9.59 Å². The number of urea groups is 1. The Balaban J connectivity index is 1.14. The van der Waals surface area contributed by atoms with Crippen molar-refractivity contribution >= 4 is 17.8 Å². The number of hydrogen-bond acceptors (Lipinski definition) is 7. The van der Waals surface area contributed by atoms with Crippen LogP contribution in [0.3, 0.4) is 0 Å². The first-order valence-corrected chi connectivity index (χ1v) is 13.0. The van der Waals surface area contributed by atoms with Gasteiger partial charge in [0, 0.05) is 51.5 Å². The number of aromatic nitrogens is 2. The van der Waals surface area contributed by atoms with Crippen LogP contribution in [0, 0.1) is 17.8 Å². The Hall–Kier alpha value is -3.28. The zero-order valence-corrected chi connectivity index (χ0v) is 21.3. The minimum Gasteiger partial charge on any atom is -0.338 e. The normalized spacial score (nSPS) is 24.0. The molecule has 0 bridgehead atoms. The molecule has 2 aromatic rings. The molecule has 1 saturated carbocycles. The van der Waals surface area contributed by atoms with Gasteiger partial charge in [0.1, 0.15) is 5.82 Å². The number of anilines is 1. The second-order valence-electron chi connectivity index (χ2n) is 10.4. The zero-order chi connectivity index (χ0) is 26.1. The molecular weight excluding hydrogens is 472 g/mol. The molecule has 37 heavy (non-hydrogen) atoms. The Kier molecular flexibility index (Phi) is 7.27. The van der Waals surface area contributed by atoms with Crippen molar-refractivity contribution in [3.63, 3.8) is 0 Å². The van der Waals surface area contributed by atoms with Crippen molar-refractivity contribution in [3.8, 4) is 5.69 Å². The molecule has 2 aliphatic heterocycles. The number of carbonyl (C=O) groups excluding carboxylic acids is 2. The van der Waals surface area contributed by atoms with Crippen LogP contribution in [0.5, 0.6) is 0 Å². The number of benzene rings is 1. The molecule has 3 heterocycles. The summed E-state index contributed by atoms with van der Waals surface area (Å²) in [4.78, 5) is 46.8. The molecular formula is C26H36N8O3. The van der Waals surface area contributed by atoms with Crippen LogP contribution in [0.1, 0.15) is 12.5 Å². The highest BCUT2D eigenvalue weighted by molar-refractivity contribution is 5.88.